The molecule has 0 fully saturated rings. The highest BCUT2D eigenvalue weighted by Crippen LogP contribution is 2.09. The molecule has 0 saturated heterocycles. The van der Waals surface area contributed by atoms with E-state index in [1.54, 1.807) is 20.8 Å². The number of ether oxygens (including phenoxy) is 1. The standard InChI is InChI=1S/C10H17FN4O4/c1-10(2,3)19-9(18)14-7(8(16)17)4-6(11)5-13-15-12/h6-7H,4-5H2,1-3H3,(H,14,18)(H,16,17)/t6-,7-/m0/s1. The van der Waals surface area contributed by atoms with E-state index in [1.807, 2.05) is 5.32 Å². The molecule has 19 heavy (non-hydrogen) atoms. The summed E-state index contributed by atoms with van der Waals surface area (Å²) < 4.78 is 18.1. The second kappa shape index (κ2) is 7.42. The number of azide groups is 1. The number of rotatable bonds is 6. The maximum atomic E-state index is 13.3. The number of nitrogens with one attached hydrogen (secondary N) is 1. The van der Waals surface area contributed by atoms with Crippen molar-refractivity contribution in [3.63, 3.8) is 0 Å². The van der Waals surface area contributed by atoms with Crippen molar-refractivity contribution >= 4 is 12.1 Å². The number of carboxylic acid groups (broad SMARTS) is 1. The second-order valence-corrected chi connectivity index (χ2v) is 4.78. The highest BCUT2D eigenvalue weighted by molar-refractivity contribution is 5.80. The van der Waals surface area contributed by atoms with Crippen LogP contribution in [0.3, 0.4) is 0 Å². The first-order valence-electron chi connectivity index (χ1n) is 5.53. The third-order valence-electron chi connectivity index (χ3n) is 1.82. The van der Waals surface area contributed by atoms with Crippen molar-refractivity contribution in [2.75, 3.05) is 6.54 Å². The van der Waals surface area contributed by atoms with Gasteiger partial charge < -0.3 is 15.2 Å². The van der Waals surface area contributed by atoms with Crippen LogP contribution < -0.4 is 5.32 Å². The molecule has 0 spiro atoms. The molecule has 0 aliphatic carbocycles. The first-order chi connectivity index (χ1) is 8.65. The number of nitrogens with zero attached hydrogens (tertiary/aromatic N) is 3. The largest absolute Gasteiger partial charge is 0.480 e. The first-order valence-corrected chi connectivity index (χ1v) is 5.53. The van der Waals surface area contributed by atoms with Crippen LogP contribution in [0.1, 0.15) is 27.2 Å². The van der Waals surface area contributed by atoms with Gasteiger partial charge in [0, 0.05) is 11.3 Å². The summed E-state index contributed by atoms with van der Waals surface area (Å²) in [6.07, 6.45) is -3.11. The smallest absolute Gasteiger partial charge is 0.408 e. The van der Waals surface area contributed by atoms with Gasteiger partial charge in [-0.3, -0.25) is 0 Å². The van der Waals surface area contributed by atoms with Crippen molar-refractivity contribution < 1.29 is 23.8 Å². The Morgan fingerprint density at radius 1 is 1.53 bits per heavy atom. The van der Waals surface area contributed by atoms with Crippen molar-refractivity contribution in [3.8, 4) is 0 Å². The highest BCUT2D eigenvalue weighted by Gasteiger charge is 2.26. The predicted molar refractivity (Wildman–Crippen MR) is 64.3 cm³/mol. The van der Waals surface area contributed by atoms with E-state index in [2.05, 4.69) is 10.0 Å². The Hall–Kier alpha value is -2.02. The molecular weight excluding hydrogens is 259 g/mol. The van der Waals surface area contributed by atoms with E-state index in [-0.39, 0.29) is 0 Å². The summed E-state index contributed by atoms with van der Waals surface area (Å²) in [7, 11) is 0. The van der Waals surface area contributed by atoms with E-state index in [0.29, 0.717) is 0 Å². The number of carbonyl (C=O) groups is 2. The molecule has 0 aliphatic heterocycles. The molecule has 0 aromatic carbocycles. The van der Waals surface area contributed by atoms with E-state index in [4.69, 9.17) is 15.4 Å². The number of alkyl halides is 1. The van der Waals surface area contributed by atoms with Gasteiger partial charge in [-0.25, -0.2) is 14.0 Å². The van der Waals surface area contributed by atoms with Gasteiger partial charge in [-0.1, -0.05) is 5.11 Å². The average molecular weight is 276 g/mol. The lowest BCUT2D eigenvalue weighted by Gasteiger charge is -2.22. The minimum absolute atomic E-state index is 0.490. The molecule has 0 saturated carbocycles. The minimum atomic E-state index is -1.66. The summed E-state index contributed by atoms with van der Waals surface area (Å²) in [5.41, 5.74) is 7.23. The van der Waals surface area contributed by atoms with E-state index >= 15 is 0 Å². The normalized spacial score (nSPS) is 13.9. The molecule has 0 aromatic heterocycles. The Bertz CT molecular complexity index is 376. The number of hydrogen-bond donors (Lipinski definition) is 2. The quantitative estimate of drug-likeness (QED) is 0.437. The summed E-state index contributed by atoms with van der Waals surface area (Å²) in [6.45, 7) is 4.35. The van der Waals surface area contributed by atoms with Gasteiger partial charge in [0.1, 0.15) is 17.8 Å². The third kappa shape index (κ3) is 8.67. The van der Waals surface area contributed by atoms with Gasteiger partial charge in [-0.2, -0.15) is 0 Å². The van der Waals surface area contributed by atoms with Crippen LogP contribution >= 0.6 is 0 Å². The molecule has 0 unspecified atom stereocenters. The molecule has 2 N–H and O–H groups in total. The van der Waals surface area contributed by atoms with Gasteiger partial charge >= 0.3 is 12.1 Å². The Labute approximate surface area is 109 Å². The van der Waals surface area contributed by atoms with Crippen molar-refractivity contribution in [2.24, 2.45) is 5.11 Å². The fourth-order valence-corrected chi connectivity index (χ4v) is 1.13. The fraction of sp³-hybridized carbons (Fsp3) is 0.800. The molecule has 9 heteroatoms. The third-order valence-corrected chi connectivity index (χ3v) is 1.82. The summed E-state index contributed by atoms with van der Waals surface area (Å²) in [6, 6.07) is -1.45. The average Bonchev–Trinajstić information content (AvgIpc) is 2.22. The summed E-state index contributed by atoms with van der Waals surface area (Å²) >= 11 is 0. The predicted octanol–water partition coefficient (Wildman–Crippen LogP) is 2.00. The van der Waals surface area contributed by atoms with Gasteiger partial charge in [-0.15, -0.1) is 0 Å². The lowest BCUT2D eigenvalue weighted by Crippen LogP contribution is -2.45. The van der Waals surface area contributed by atoms with Crippen LogP contribution in [0.4, 0.5) is 9.18 Å². The summed E-state index contributed by atoms with van der Waals surface area (Å²) in [5, 5.41) is 13.9. The van der Waals surface area contributed by atoms with Crippen LogP contribution in [0, 0.1) is 0 Å². The highest BCUT2D eigenvalue weighted by atomic mass is 19.1. The molecular formula is C10H17FN4O4. The Morgan fingerprint density at radius 2 is 2.11 bits per heavy atom. The van der Waals surface area contributed by atoms with Gasteiger partial charge in [-0.05, 0) is 26.3 Å². The van der Waals surface area contributed by atoms with Gasteiger partial charge in [0.2, 0.25) is 0 Å². The molecule has 0 heterocycles. The van der Waals surface area contributed by atoms with Crippen LogP contribution in [0.5, 0.6) is 0 Å². The maximum absolute atomic E-state index is 13.3. The van der Waals surface area contributed by atoms with Gasteiger partial charge in [0.15, 0.2) is 0 Å². The lowest BCUT2D eigenvalue weighted by atomic mass is 10.1. The molecule has 2 atom stereocenters. The SMILES string of the molecule is CC(C)(C)OC(=O)N[C@@H](C[C@H](F)CN=[N+]=[N-])C(=O)O. The summed E-state index contributed by atoms with van der Waals surface area (Å²) in [4.78, 5) is 24.6. The van der Waals surface area contributed by atoms with Crippen LogP contribution in [-0.2, 0) is 9.53 Å². The van der Waals surface area contributed by atoms with Crippen molar-refractivity contribution in [1.29, 1.82) is 0 Å². The maximum Gasteiger partial charge on any atom is 0.408 e. The monoisotopic (exact) mass is 276 g/mol. The molecule has 8 nitrogen and oxygen atoms in total. The second-order valence-electron chi connectivity index (χ2n) is 4.78. The van der Waals surface area contributed by atoms with Gasteiger partial charge in [0.05, 0.1) is 6.54 Å². The lowest BCUT2D eigenvalue weighted by molar-refractivity contribution is -0.140. The van der Waals surface area contributed by atoms with Crippen molar-refractivity contribution in [1.82, 2.24) is 5.32 Å². The zero-order valence-corrected chi connectivity index (χ0v) is 11.0. The molecule has 0 aromatic rings. The molecule has 0 rings (SSSR count). The molecule has 1 amide bonds. The van der Waals surface area contributed by atoms with Crippen LogP contribution in [0.2, 0.25) is 0 Å². The number of carboxylic acids is 1. The van der Waals surface area contributed by atoms with Crippen LogP contribution in [0.25, 0.3) is 10.4 Å². The zero-order chi connectivity index (χ0) is 15.1. The van der Waals surface area contributed by atoms with E-state index < -0.39 is 42.8 Å². The van der Waals surface area contributed by atoms with E-state index in [0.717, 1.165) is 0 Å². The minimum Gasteiger partial charge on any atom is -0.480 e. The Morgan fingerprint density at radius 3 is 2.53 bits per heavy atom. The number of carbonyl (C=O) groups excluding carboxylic acids is 1. The molecule has 108 valence electrons. The molecule has 0 aliphatic rings. The number of amides is 1. The van der Waals surface area contributed by atoms with Crippen LogP contribution in [-0.4, -0.2) is 41.5 Å². The number of aliphatic carboxylic acids is 1. The van der Waals surface area contributed by atoms with Gasteiger partial charge in [0.25, 0.3) is 0 Å². The number of halogens is 1. The van der Waals surface area contributed by atoms with E-state index in [1.165, 1.54) is 0 Å². The van der Waals surface area contributed by atoms with Crippen LogP contribution in [0.15, 0.2) is 5.11 Å². The topological polar surface area (TPSA) is 124 Å². The number of alkyl carbamates (subject to hydrolysis) is 1. The molecule has 0 radical (unpaired) electrons. The summed E-state index contributed by atoms with van der Waals surface area (Å²) in [5.74, 6) is -1.39. The molecule has 0 bridgehead atoms. The van der Waals surface area contributed by atoms with Crippen molar-refractivity contribution in [3.05, 3.63) is 10.4 Å². The Balaban J connectivity index is 4.45. The Kier molecular flexibility index (Phi) is 6.63. The fourth-order valence-electron chi connectivity index (χ4n) is 1.13. The van der Waals surface area contributed by atoms with E-state index in [9.17, 15) is 14.0 Å². The number of hydrogen-bond acceptors (Lipinski definition) is 4. The zero-order valence-electron chi connectivity index (χ0n) is 11.0. The van der Waals surface area contributed by atoms with Crippen molar-refractivity contribution in [2.45, 2.75) is 45.0 Å². The first kappa shape index (κ1) is 17.0.